The van der Waals surface area contributed by atoms with Crippen LogP contribution in [0.3, 0.4) is 0 Å². The Morgan fingerprint density at radius 3 is 2.58 bits per heavy atom. The van der Waals surface area contributed by atoms with Crippen LogP contribution >= 0.6 is 0 Å². The average molecular weight is 426 g/mol. The van der Waals surface area contributed by atoms with Gasteiger partial charge in [0.15, 0.2) is 11.5 Å². The second-order valence-electron chi connectivity index (χ2n) is 7.71. The van der Waals surface area contributed by atoms with Crippen LogP contribution < -0.4 is 9.47 Å². The molecule has 0 spiro atoms. The van der Waals surface area contributed by atoms with Crippen molar-refractivity contribution in [1.29, 1.82) is 0 Å². The van der Waals surface area contributed by atoms with E-state index < -0.39 is 23.5 Å². The van der Waals surface area contributed by atoms with E-state index in [0.717, 1.165) is 0 Å². The summed E-state index contributed by atoms with van der Waals surface area (Å²) in [7, 11) is 3.70. The van der Waals surface area contributed by atoms with Crippen LogP contribution in [0.25, 0.3) is 5.76 Å². The minimum Gasteiger partial charge on any atom is -0.507 e. The van der Waals surface area contributed by atoms with E-state index in [1.54, 1.807) is 24.3 Å². The second kappa shape index (κ2) is 8.39. The fraction of sp³-hybridized carbons (Fsp3) is 0.304. The van der Waals surface area contributed by atoms with Gasteiger partial charge in [0, 0.05) is 18.7 Å². The van der Waals surface area contributed by atoms with Crippen LogP contribution in [0.2, 0.25) is 0 Å². The van der Waals surface area contributed by atoms with Crippen molar-refractivity contribution in [2.45, 2.75) is 6.04 Å². The number of aliphatic hydroxyl groups is 1. The molecule has 4 rings (SSSR count). The molecule has 1 unspecified atom stereocenters. The van der Waals surface area contributed by atoms with Gasteiger partial charge in [0.1, 0.15) is 24.8 Å². The molecule has 1 atom stereocenters. The fourth-order valence-electron chi connectivity index (χ4n) is 3.79. The van der Waals surface area contributed by atoms with Gasteiger partial charge in [0.2, 0.25) is 0 Å². The normalized spacial score (nSPS) is 19.9. The topological polar surface area (TPSA) is 79.3 Å². The Bertz CT molecular complexity index is 1070. The van der Waals surface area contributed by atoms with Crippen molar-refractivity contribution in [2.75, 3.05) is 40.4 Å². The third-order valence-electron chi connectivity index (χ3n) is 5.31. The lowest BCUT2D eigenvalue weighted by molar-refractivity contribution is -0.140. The Morgan fingerprint density at radius 1 is 1.13 bits per heavy atom. The molecule has 0 saturated carbocycles. The zero-order valence-electron chi connectivity index (χ0n) is 17.3. The smallest absolute Gasteiger partial charge is 0.295 e. The maximum absolute atomic E-state index is 14.0. The number of amides is 1. The average Bonchev–Trinajstić information content (AvgIpc) is 3.01. The summed E-state index contributed by atoms with van der Waals surface area (Å²) in [5.74, 6) is -1.38. The highest BCUT2D eigenvalue weighted by atomic mass is 19.1. The molecule has 0 aromatic heterocycles. The monoisotopic (exact) mass is 426 g/mol. The number of carbonyl (C=O) groups is 2. The SMILES string of the molecule is CN(C)CCN1C(=O)C(=O)/C(=C(\O)c2ccc3c(c2)OCCO3)C1c1cccc(F)c1. The molecule has 8 heteroatoms. The first-order chi connectivity index (χ1) is 14.9. The van der Waals surface area contributed by atoms with Gasteiger partial charge in [0.25, 0.3) is 11.7 Å². The number of likely N-dealkylation sites (tertiary alicyclic amines) is 1. The number of aliphatic hydroxyl groups excluding tert-OH is 1. The molecule has 7 nitrogen and oxygen atoms in total. The standard InChI is InChI=1S/C23H23FN2O5/c1-25(2)8-9-26-20(14-4-3-5-16(24)12-14)19(22(28)23(26)29)21(27)15-6-7-17-18(13-15)31-11-10-30-17/h3-7,12-13,20,27H,8-11H2,1-2H3/b21-19-. The molecular weight excluding hydrogens is 403 g/mol. The summed E-state index contributed by atoms with van der Waals surface area (Å²) in [5.41, 5.74) is 0.652. The summed E-state index contributed by atoms with van der Waals surface area (Å²) in [5, 5.41) is 11.1. The van der Waals surface area contributed by atoms with Gasteiger partial charge < -0.3 is 24.4 Å². The van der Waals surface area contributed by atoms with Gasteiger partial charge >= 0.3 is 0 Å². The van der Waals surface area contributed by atoms with Crippen LogP contribution in [0.5, 0.6) is 11.5 Å². The van der Waals surface area contributed by atoms with Crippen LogP contribution in [0, 0.1) is 5.82 Å². The van der Waals surface area contributed by atoms with E-state index in [1.165, 1.54) is 23.1 Å². The number of hydrogen-bond donors (Lipinski definition) is 1. The number of fused-ring (bicyclic) bond motifs is 1. The molecule has 2 aromatic carbocycles. The van der Waals surface area contributed by atoms with Gasteiger partial charge in [-0.25, -0.2) is 4.39 Å². The highest BCUT2D eigenvalue weighted by molar-refractivity contribution is 6.46. The Labute approximate surface area is 179 Å². The Morgan fingerprint density at radius 2 is 1.87 bits per heavy atom. The lowest BCUT2D eigenvalue weighted by Crippen LogP contribution is -2.35. The molecule has 2 aliphatic heterocycles. The maximum atomic E-state index is 14.0. The molecule has 2 aromatic rings. The Hall–Kier alpha value is -3.39. The molecular formula is C23H23FN2O5. The van der Waals surface area contributed by atoms with Crippen molar-refractivity contribution in [3.05, 3.63) is 65.0 Å². The maximum Gasteiger partial charge on any atom is 0.295 e. The van der Waals surface area contributed by atoms with E-state index >= 15 is 0 Å². The van der Waals surface area contributed by atoms with Crippen molar-refractivity contribution in [3.63, 3.8) is 0 Å². The molecule has 1 amide bonds. The third kappa shape index (κ3) is 3.98. The van der Waals surface area contributed by atoms with E-state index in [1.807, 2.05) is 19.0 Å². The number of benzene rings is 2. The van der Waals surface area contributed by atoms with E-state index in [4.69, 9.17) is 9.47 Å². The van der Waals surface area contributed by atoms with E-state index in [9.17, 15) is 19.1 Å². The lowest BCUT2D eigenvalue weighted by atomic mass is 9.95. The number of ketones is 1. The number of ether oxygens (including phenoxy) is 2. The summed E-state index contributed by atoms with van der Waals surface area (Å²) in [4.78, 5) is 29.1. The van der Waals surface area contributed by atoms with Crippen molar-refractivity contribution < 1.29 is 28.6 Å². The molecule has 2 aliphatic rings. The van der Waals surface area contributed by atoms with Gasteiger partial charge in [-0.3, -0.25) is 9.59 Å². The molecule has 1 N–H and O–H groups in total. The number of likely N-dealkylation sites (N-methyl/N-ethyl adjacent to an activating group) is 1. The van der Waals surface area contributed by atoms with E-state index in [-0.39, 0.29) is 17.9 Å². The third-order valence-corrected chi connectivity index (χ3v) is 5.31. The molecule has 0 radical (unpaired) electrons. The zero-order valence-corrected chi connectivity index (χ0v) is 17.3. The summed E-state index contributed by atoms with van der Waals surface area (Å²) in [6, 6.07) is 9.62. The van der Waals surface area contributed by atoms with Crippen molar-refractivity contribution in [1.82, 2.24) is 9.80 Å². The second-order valence-corrected chi connectivity index (χ2v) is 7.71. The first kappa shape index (κ1) is 20.9. The van der Waals surface area contributed by atoms with Crippen LogP contribution in [0.1, 0.15) is 17.2 Å². The minimum atomic E-state index is -0.899. The quantitative estimate of drug-likeness (QED) is 0.450. The predicted molar refractivity (Wildman–Crippen MR) is 111 cm³/mol. The summed E-state index contributed by atoms with van der Waals surface area (Å²) in [6.45, 7) is 1.55. The van der Waals surface area contributed by atoms with Crippen molar-refractivity contribution in [2.24, 2.45) is 0 Å². The highest BCUT2D eigenvalue weighted by Gasteiger charge is 2.46. The largest absolute Gasteiger partial charge is 0.507 e. The molecule has 2 heterocycles. The number of Topliss-reactive ketones (excluding diaryl/α,β-unsaturated/α-hetero) is 1. The molecule has 1 saturated heterocycles. The lowest BCUT2D eigenvalue weighted by Gasteiger charge is -2.26. The number of rotatable bonds is 5. The number of halogens is 1. The van der Waals surface area contributed by atoms with Crippen molar-refractivity contribution >= 4 is 17.4 Å². The van der Waals surface area contributed by atoms with E-state index in [0.29, 0.717) is 42.4 Å². The van der Waals surface area contributed by atoms with Gasteiger partial charge in [-0.05, 0) is 50.0 Å². The zero-order chi connectivity index (χ0) is 22.1. The summed E-state index contributed by atoms with van der Waals surface area (Å²) >= 11 is 0. The molecule has 0 aliphatic carbocycles. The van der Waals surface area contributed by atoms with Crippen LogP contribution in [-0.4, -0.2) is 67.0 Å². The van der Waals surface area contributed by atoms with Crippen LogP contribution in [-0.2, 0) is 9.59 Å². The first-order valence-electron chi connectivity index (χ1n) is 9.95. The predicted octanol–water partition coefficient (Wildman–Crippen LogP) is 2.58. The van der Waals surface area contributed by atoms with Gasteiger partial charge in [-0.2, -0.15) is 0 Å². The first-order valence-corrected chi connectivity index (χ1v) is 9.95. The van der Waals surface area contributed by atoms with Crippen LogP contribution in [0.4, 0.5) is 4.39 Å². The summed E-state index contributed by atoms with van der Waals surface area (Å²) in [6.07, 6.45) is 0. The van der Waals surface area contributed by atoms with Crippen molar-refractivity contribution in [3.8, 4) is 11.5 Å². The van der Waals surface area contributed by atoms with Crippen LogP contribution in [0.15, 0.2) is 48.0 Å². The van der Waals surface area contributed by atoms with E-state index in [2.05, 4.69) is 0 Å². The number of nitrogens with zero attached hydrogens (tertiary/aromatic N) is 2. The Kier molecular flexibility index (Phi) is 5.65. The minimum absolute atomic E-state index is 0.0777. The molecule has 162 valence electrons. The number of carbonyl (C=O) groups excluding carboxylic acids is 2. The van der Waals surface area contributed by atoms with Gasteiger partial charge in [-0.1, -0.05) is 12.1 Å². The fourth-order valence-corrected chi connectivity index (χ4v) is 3.79. The highest BCUT2D eigenvalue weighted by Crippen LogP contribution is 2.41. The molecule has 1 fully saturated rings. The Balaban J connectivity index is 1.83. The summed E-state index contributed by atoms with van der Waals surface area (Å²) < 4.78 is 25.1. The molecule has 31 heavy (non-hydrogen) atoms. The van der Waals surface area contributed by atoms with Gasteiger partial charge in [-0.15, -0.1) is 0 Å². The number of hydrogen-bond acceptors (Lipinski definition) is 6. The molecule has 0 bridgehead atoms. The van der Waals surface area contributed by atoms with Gasteiger partial charge in [0.05, 0.1) is 11.6 Å².